The van der Waals surface area contributed by atoms with Crippen molar-refractivity contribution in [1.29, 1.82) is 0 Å². The minimum atomic E-state index is -0.121. The molecule has 2 N–H and O–H groups in total. The summed E-state index contributed by atoms with van der Waals surface area (Å²) in [6.07, 6.45) is 6.84. The highest BCUT2D eigenvalue weighted by Gasteiger charge is 2.11. The van der Waals surface area contributed by atoms with E-state index in [0.717, 1.165) is 0 Å². The van der Waals surface area contributed by atoms with E-state index in [-0.39, 0.29) is 23.2 Å². The molecule has 0 saturated heterocycles. The van der Waals surface area contributed by atoms with Gasteiger partial charge in [0.05, 0.1) is 0 Å². The minimum absolute atomic E-state index is 0.000185. The molecule has 1 aliphatic carbocycles. The fourth-order valence-corrected chi connectivity index (χ4v) is 1.10. The molecule has 0 heterocycles. The van der Waals surface area contributed by atoms with E-state index in [4.69, 9.17) is 10.2 Å². The topological polar surface area (TPSA) is 57.5 Å². The SMILES string of the molecule is CC(=O)/C=C/C1C=C(O)C(O)=CC1. The molecule has 0 radical (unpaired) electrons. The van der Waals surface area contributed by atoms with Gasteiger partial charge in [-0.05, 0) is 31.6 Å². The summed E-state index contributed by atoms with van der Waals surface area (Å²) >= 11 is 0. The summed E-state index contributed by atoms with van der Waals surface area (Å²) < 4.78 is 0. The Bertz CT molecular complexity index is 297. The van der Waals surface area contributed by atoms with E-state index in [1.54, 1.807) is 6.08 Å². The van der Waals surface area contributed by atoms with Gasteiger partial charge in [0.15, 0.2) is 17.3 Å². The van der Waals surface area contributed by atoms with Gasteiger partial charge in [-0.25, -0.2) is 0 Å². The maximum atomic E-state index is 10.6. The van der Waals surface area contributed by atoms with Crippen molar-refractivity contribution in [2.75, 3.05) is 0 Å². The quantitative estimate of drug-likeness (QED) is 0.639. The van der Waals surface area contributed by atoms with E-state index >= 15 is 0 Å². The van der Waals surface area contributed by atoms with Crippen molar-refractivity contribution < 1.29 is 15.0 Å². The van der Waals surface area contributed by atoms with Gasteiger partial charge in [-0.2, -0.15) is 0 Å². The summed E-state index contributed by atoms with van der Waals surface area (Å²) in [6.45, 7) is 1.47. The smallest absolute Gasteiger partial charge is 0.153 e. The molecular formula is C10H12O3. The molecule has 1 rings (SSSR count). The first-order valence-corrected chi connectivity index (χ1v) is 4.08. The third-order valence-electron chi connectivity index (χ3n) is 1.80. The third-order valence-corrected chi connectivity index (χ3v) is 1.80. The molecule has 3 nitrogen and oxygen atoms in total. The van der Waals surface area contributed by atoms with Crippen LogP contribution in [0.25, 0.3) is 0 Å². The van der Waals surface area contributed by atoms with E-state index in [9.17, 15) is 4.79 Å². The lowest BCUT2D eigenvalue weighted by atomic mass is 9.98. The van der Waals surface area contributed by atoms with Crippen molar-refractivity contribution in [2.24, 2.45) is 5.92 Å². The summed E-state index contributed by atoms with van der Waals surface area (Å²) in [5.74, 6) is -0.233. The van der Waals surface area contributed by atoms with Crippen LogP contribution in [-0.2, 0) is 4.79 Å². The van der Waals surface area contributed by atoms with Crippen molar-refractivity contribution in [2.45, 2.75) is 13.3 Å². The van der Waals surface area contributed by atoms with E-state index < -0.39 is 0 Å². The van der Waals surface area contributed by atoms with Gasteiger partial charge in [-0.1, -0.05) is 6.08 Å². The Morgan fingerprint density at radius 3 is 2.77 bits per heavy atom. The Morgan fingerprint density at radius 1 is 1.54 bits per heavy atom. The number of hydrogen-bond donors (Lipinski definition) is 2. The van der Waals surface area contributed by atoms with Crippen LogP contribution >= 0.6 is 0 Å². The number of aliphatic hydroxyl groups excluding tert-OH is 2. The summed E-state index contributed by atoms with van der Waals surface area (Å²) in [7, 11) is 0. The van der Waals surface area contributed by atoms with Gasteiger partial charge in [-0.3, -0.25) is 4.79 Å². The van der Waals surface area contributed by atoms with Crippen molar-refractivity contribution in [3.05, 3.63) is 35.8 Å². The molecule has 3 heteroatoms. The van der Waals surface area contributed by atoms with Crippen LogP contribution in [0.4, 0.5) is 0 Å². The van der Waals surface area contributed by atoms with Gasteiger partial charge in [0, 0.05) is 5.92 Å². The van der Waals surface area contributed by atoms with Crippen LogP contribution in [0, 0.1) is 5.92 Å². The predicted octanol–water partition coefficient (Wildman–Crippen LogP) is 2.04. The van der Waals surface area contributed by atoms with Gasteiger partial charge in [-0.15, -0.1) is 0 Å². The third kappa shape index (κ3) is 2.78. The van der Waals surface area contributed by atoms with E-state index in [1.807, 2.05) is 0 Å². The monoisotopic (exact) mass is 180 g/mol. The van der Waals surface area contributed by atoms with E-state index in [2.05, 4.69) is 0 Å². The lowest BCUT2D eigenvalue weighted by Gasteiger charge is -2.11. The molecule has 0 aromatic carbocycles. The highest BCUT2D eigenvalue weighted by atomic mass is 16.3. The van der Waals surface area contributed by atoms with Gasteiger partial charge in [0.25, 0.3) is 0 Å². The molecule has 1 aliphatic rings. The summed E-state index contributed by atoms with van der Waals surface area (Å²) in [4.78, 5) is 10.6. The first-order chi connectivity index (χ1) is 6.09. The zero-order valence-electron chi connectivity index (χ0n) is 7.40. The highest BCUT2D eigenvalue weighted by Crippen LogP contribution is 2.20. The van der Waals surface area contributed by atoms with Crippen molar-refractivity contribution in [3.63, 3.8) is 0 Å². The number of ketones is 1. The Morgan fingerprint density at radius 2 is 2.23 bits per heavy atom. The standard InChI is InChI=1S/C10H12O3/c1-7(11)2-3-8-4-5-9(12)10(13)6-8/h2-3,5-6,8,12-13H,4H2,1H3/b3-2+. The summed E-state index contributed by atoms with van der Waals surface area (Å²) in [5.41, 5.74) is 0. The Hall–Kier alpha value is -1.51. The fraction of sp³-hybridized carbons (Fsp3) is 0.300. The predicted molar refractivity (Wildman–Crippen MR) is 49.4 cm³/mol. The lowest BCUT2D eigenvalue weighted by molar-refractivity contribution is -0.112. The maximum Gasteiger partial charge on any atom is 0.153 e. The first-order valence-electron chi connectivity index (χ1n) is 4.08. The second kappa shape index (κ2) is 3.94. The Balaban J connectivity index is 2.63. The second-order valence-electron chi connectivity index (χ2n) is 3.01. The Labute approximate surface area is 76.7 Å². The molecule has 1 unspecified atom stereocenters. The van der Waals surface area contributed by atoms with Crippen LogP contribution in [-0.4, -0.2) is 16.0 Å². The van der Waals surface area contributed by atoms with Gasteiger partial charge in [0.1, 0.15) is 0 Å². The molecule has 0 fully saturated rings. The van der Waals surface area contributed by atoms with Crippen molar-refractivity contribution in [1.82, 2.24) is 0 Å². The Kier molecular flexibility index (Phi) is 2.90. The van der Waals surface area contributed by atoms with E-state index in [1.165, 1.54) is 25.2 Å². The highest BCUT2D eigenvalue weighted by molar-refractivity contribution is 5.87. The molecule has 0 amide bonds. The van der Waals surface area contributed by atoms with E-state index in [0.29, 0.717) is 6.42 Å². The molecule has 0 saturated carbocycles. The van der Waals surface area contributed by atoms with Crippen molar-refractivity contribution >= 4 is 5.78 Å². The van der Waals surface area contributed by atoms with Crippen LogP contribution in [0.5, 0.6) is 0 Å². The summed E-state index contributed by atoms with van der Waals surface area (Å²) in [5, 5.41) is 18.2. The zero-order chi connectivity index (χ0) is 9.84. The average molecular weight is 180 g/mol. The van der Waals surface area contributed by atoms with Crippen molar-refractivity contribution in [3.8, 4) is 0 Å². The molecule has 0 spiro atoms. The maximum absolute atomic E-state index is 10.6. The van der Waals surface area contributed by atoms with Crippen LogP contribution in [0.3, 0.4) is 0 Å². The van der Waals surface area contributed by atoms with Crippen LogP contribution in [0.1, 0.15) is 13.3 Å². The number of carbonyl (C=O) groups excluding carboxylic acids is 1. The number of hydrogen-bond acceptors (Lipinski definition) is 3. The number of rotatable bonds is 2. The molecule has 13 heavy (non-hydrogen) atoms. The average Bonchev–Trinajstić information content (AvgIpc) is 2.07. The molecular weight excluding hydrogens is 168 g/mol. The van der Waals surface area contributed by atoms with Crippen LogP contribution in [0.2, 0.25) is 0 Å². The largest absolute Gasteiger partial charge is 0.504 e. The van der Waals surface area contributed by atoms with Crippen LogP contribution < -0.4 is 0 Å². The zero-order valence-corrected chi connectivity index (χ0v) is 7.40. The second-order valence-corrected chi connectivity index (χ2v) is 3.01. The van der Waals surface area contributed by atoms with Gasteiger partial charge >= 0.3 is 0 Å². The number of aliphatic hydroxyl groups is 2. The molecule has 0 aromatic rings. The number of allylic oxidation sites excluding steroid dienone is 4. The number of carbonyl (C=O) groups is 1. The summed E-state index contributed by atoms with van der Waals surface area (Å²) in [6, 6.07) is 0. The molecule has 70 valence electrons. The molecule has 0 aromatic heterocycles. The minimum Gasteiger partial charge on any atom is -0.504 e. The van der Waals surface area contributed by atoms with Gasteiger partial charge < -0.3 is 10.2 Å². The van der Waals surface area contributed by atoms with Crippen LogP contribution in [0.15, 0.2) is 35.8 Å². The molecule has 1 atom stereocenters. The fourth-order valence-electron chi connectivity index (χ4n) is 1.10. The molecule has 0 bridgehead atoms. The normalized spacial score (nSPS) is 22.7. The lowest BCUT2D eigenvalue weighted by Crippen LogP contribution is -2.02. The molecule has 0 aliphatic heterocycles. The van der Waals surface area contributed by atoms with Gasteiger partial charge in [0.2, 0.25) is 0 Å². The first kappa shape index (κ1) is 9.58.